The molecule has 0 unspecified atom stereocenters. The van der Waals surface area contributed by atoms with Gasteiger partial charge in [-0.2, -0.15) is 4.98 Å². The molecule has 0 fully saturated rings. The molecule has 1 N–H and O–H groups in total. The molecule has 1 aliphatic heterocycles. The number of fused-ring (bicyclic) bond motifs is 2. The van der Waals surface area contributed by atoms with Gasteiger partial charge in [-0.3, -0.25) is 0 Å². The number of hydrogen-bond acceptors (Lipinski definition) is 6. The zero-order valence-corrected chi connectivity index (χ0v) is 18.2. The molecule has 7 nitrogen and oxygen atoms in total. The number of nitrogens with zero attached hydrogens (tertiary/aromatic N) is 5. The Balaban J connectivity index is 1.60. The summed E-state index contributed by atoms with van der Waals surface area (Å²) in [4.78, 5) is 25.0. The van der Waals surface area contributed by atoms with Gasteiger partial charge >= 0.3 is 5.69 Å². The van der Waals surface area contributed by atoms with Crippen LogP contribution in [0.4, 0.5) is 11.5 Å². The van der Waals surface area contributed by atoms with Crippen molar-refractivity contribution in [2.75, 3.05) is 25.5 Å². The highest BCUT2D eigenvalue weighted by atomic mass is 16.5. The molecule has 1 aliphatic rings. The molecule has 0 saturated carbocycles. The molecular weight excluding hydrogens is 402 g/mol. The number of aromatic nitrogens is 3. The molecule has 32 heavy (non-hydrogen) atoms. The summed E-state index contributed by atoms with van der Waals surface area (Å²) in [6.45, 7) is 1.64. The van der Waals surface area contributed by atoms with E-state index in [-0.39, 0.29) is 5.65 Å². The molecule has 0 spiro atoms. The lowest BCUT2D eigenvalue weighted by Gasteiger charge is -2.31. The van der Waals surface area contributed by atoms with Crippen molar-refractivity contribution in [2.24, 2.45) is 0 Å². The zero-order chi connectivity index (χ0) is 22.2. The topological polar surface area (TPSA) is 74.5 Å². The van der Waals surface area contributed by atoms with Crippen molar-refractivity contribution < 1.29 is 5.21 Å². The Hall–Kier alpha value is -3.71. The molecule has 4 aromatic rings. The summed E-state index contributed by atoms with van der Waals surface area (Å²) in [5, 5.41) is 10.7. The van der Waals surface area contributed by atoms with E-state index < -0.39 is 5.69 Å². The summed E-state index contributed by atoms with van der Waals surface area (Å²) in [7, 11) is 4.13. The molecule has 0 amide bonds. The van der Waals surface area contributed by atoms with Gasteiger partial charge in [-0.25, -0.2) is 9.78 Å². The van der Waals surface area contributed by atoms with Crippen molar-refractivity contribution in [1.29, 1.82) is 0 Å². The Kier molecular flexibility index (Phi) is 5.11. The lowest BCUT2D eigenvalue weighted by atomic mass is 9.96. The van der Waals surface area contributed by atoms with E-state index >= 15 is 0 Å². The van der Waals surface area contributed by atoms with E-state index in [4.69, 9.17) is 0 Å². The molecule has 5 rings (SSSR count). The van der Waals surface area contributed by atoms with Crippen LogP contribution in [0.2, 0.25) is 0 Å². The maximum atomic E-state index is 12.3. The first kappa shape index (κ1) is 20.2. The second-order valence-corrected chi connectivity index (χ2v) is 8.44. The van der Waals surface area contributed by atoms with Crippen molar-refractivity contribution in [3.63, 3.8) is 0 Å². The van der Waals surface area contributed by atoms with Crippen molar-refractivity contribution in [2.45, 2.75) is 19.4 Å². The monoisotopic (exact) mass is 427 g/mol. The molecule has 0 radical (unpaired) electrons. The third-order valence-electron chi connectivity index (χ3n) is 5.86. The maximum Gasteiger partial charge on any atom is 0.384 e. The summed E-state index contributed by atoms with van der Waals surface area (Å²) >= 11 is 0. The van der Waals surface area contributed by atoms with E-state index in [1.54, 1.807) is 12.3 Å². The second kappa shape index (κ2) is 8.09. The average molecular weight is 428 g/mol. The molecule has 7 heteroatoms. The predicted molar refractivity (Wildman–Crippen MR) is 126 cm³/mol. The molecular formula is C25H25N5O2. The second-order valence-electron chi connectivity index (χ2n) is 8.44. The quantitative estimate of drug-likeness (QED) is 0.499. The summed E-state index contributed by atoms with van der Waals surface area (Å²) in [6.07, 6.45) is 3.48. The van der Waals surface area contributed by atoms with Gasteiger partial charge in [0.05, 0.1) is 5.39 Å². The Morgan fingerprint density at radius 1 is 1.06 bits per heavy atom. The van der Waals surface area contributed by atoms with Gasteiger partial charge in [0, 0.05) is 25.0 Å². The molecule has 2 aromatic heterocycles. The van der Waals surface area contributed by atoms with Gasteiger partial charge in [0.25, 0.3) is 0 Å². The van der Waals surface area contributed by atoms with Gasteiger partial charge in [0.1, 0.15) is 5.82 Å². The predicted octanol–water partition coefficient (Wildman–Crippen LogP) is 3.84. The van der Waals surface area contributed by atoms with Crippen LogP contribution in [0.5, 0.6) is 0 Å². The van der Waals surface area contributed by atoms with Crippen LogP contribution in [0.15, 0.2) is 65.6 Å². The molecule has 0 atom stereocenters. The molecule has 0 aliphatic carbocycles. The summed E-state index contributed by atoms with van der Waals surface area (Å²) in [6, 6.07) is 18.7. The van der Waals surface area contributed by atoms with E-state index in [0.29, 0.717) is 15.9 Å². The Morgan fingerprint density at radius 2 is 1.84 bits per heavy atom. The van der Waals surface area contributed by atoms with Crippen LogP contribution >= 0.6 is 0 Å². The highest BCUT2D eigenvalue weighted by molar-refractivity contribution is 5.90. The van der Waals surface area contributed by atoms with Crippen LogP contribution in [0.1, 0.15) is 17.5 Å². The lowest BCUT2D eigenvalue weighted by Crippen LogP contribution is -2.30. The van der Waals surface area contributed by atoms with Crippen LogP contribution in [0.3, 0.4) is 0 Å². The molecule has 162 valence electrons. The SMILES string of the molecule is CN(C)Cc1ccc(-c2ccc3c(c2)N(c2nc(=O)n(O)c4ncccc24)CCC3)cc1. The molecule has 0 bridgehead atoms. The fourth-order valence-electron chi connectivity index (χ4n) is 4.38. The number of pyridine rings is 1. The van der Waals surface area contributed by atoms with E-state index in [9.17, 15) is 10.0 Å². The average Bonchev–Trinajstić information content (AvgIpc) is 2.81. The van der Waals surface area contributed by atoms with Crippen LogP contribution in [0, 0.1) is 0 Å². The summed E-state index contributed by atoms with van der Waals surface area (Å²) in [5.41, 5.74) is 5.27. The molecule has 3 heterocycles. The van der Waals surface area contributed by atoms with Crippen LogP contribution in [0.25, 0.3) is 22.2 Å². The number of benzene rings is 2. The smallest absolute Gasteiger partial charge is 0.384 e. The van der Waals surface area contributed by atoms with E-state index in [1.165, 1.54) is 11.1 Å². The van der Waals surface area contributed by atoms with Crippen LogP contribution in [-0.4, -0.2) is 45.4 Å². The first-order chi connectivity index (χ1) is 15.5. The van der Waals surface area contributed by atoms with Gasteiger partial charge in [-0.15, -0.1) is 4.73 Å². The van der Waals surface area contributed by atoms with Crippen molar-refractivity contribution in [3.8, 4) is 11.1 Å². The minimum Gasteiger partial charge on any atom is -0.422 e. The number of hydrogen-bond donors (Lipinski definition) is 1. The van der Waals surface area contributed by atoms with E-state index in [1.807, 2.05) is 6.07 Å². The van der Waals surface area contributed by atoms with Crippen LogP contribution in [-0.2, 0) is 13.0 Å². The van der Waals surface area contributed by atoms with Gasteiger partial charge in [0.15, 0.2) is 5.65 Å². The zero-order valence-electron chi connectivity index (χ0n) is 18.2. The third kappa shape index (κ3) is 3.61. The number of rotatable bonds is 4. The maximum absolute atomic E-state index is 12.3. The van der Waals surface area contributed by atoms with Crippen LogP contribution < -0.4 is 10.6 Å². The molecule has 0 saturated heterocycles. The first-order valence-corrected chi connectivity index (χ1v) is 10.7. The van der Waals surface area contributed by atoms with Gasteiger partial charge in [0.2, 0.25) is 0 Å². The highest BCUT2D eigenvalue weighted by Crippen LogP contribution is 2.37. The fraction of sp³-hybridized carbons (Fsp3) is 0.240. The van der Waals surface area contributed by atoms with E-state index in [2.05, 4.69) is 76.3 Å². The van der Waals surface area contributed by atoms with Crippen molar-refractivity contribution >= 4 is 22.5 Å². The fourth-order valence-corrected chi connectivity index (χ4v) is 4.38. The van der Waals surface area contributed by atoms with Gasteiger partial charge in [-0.1, -0.05) is 36.4 Å². The summed E-state index contributed by atoms with van der Waals surface area (Å²) < 4.78 is 0.509. The number of aryl methyl sites for hydroxylation is 1. The van der Waals surface area contributed by atoms with Gasteiger partial charge in [-0.05, 0) is 67.4 Å². The Bertz CT molecular complexity index is 1350. The third-order valence-corrected chi connectivity index (χ3v) is 5.86. The summed E-state index contributed by atoms with van der Waals surface area (Å²) in [5.74, 6) is 0.530. The molecule has 2 aromatic carbocycles. The lowest BCUT2D eigenvalue weighted by molar-refractivity contribution is 0.182. The minimum absolute atomic E-state index is 0.210. The normalized spacial score (nSPS) is 13.5. The standard InChI is InChI=1S/C25H25N5O2/c1-28(2)16-17-7-9-18(10-8-17)20-12-11-19-5-4-14-29(22(19)15-20)24-21-6-3-13-26-23(21)30(32)25(31)27-24/h3,6-13,15,32H,4-5,14,16H2,1-2H3. The highest BCUT2D eigenvalue weighted by Gasteiger charge is 2.23. The Morgan fingerprint density at radius 3 is 2.62 bits per heavy atom. The largest absolute Gasteiger partial charge is 0.422 e. The Labute approximate surface area is 186 Å². The number of anilines is 2. The van der Waals surface area contributed by atoms with E-state index in [0.717, 1.165) is 42.7 Å². The minimum atomic E-state index is -0.731. The van der Waals surface area contributed by atoms with Gasteiger partial charge < -0.3 is 15.0 Å². The van der Waals surface area contributed by atoms with Crippen molar-refractivity contribution in [1.82, 2.24) is 19.6 Å². The van der Waals surface area contributed by atoms with Crippen molar-refractivity contribution in [3.05, 3.63) is 82.4 Å². The first-order valence-electron chi connectivity index (χ1n) is 10.7.